The van der Waals surface area contributed by atoms with E-state index in [4.69, 9.17) is 9.47 Å². The molecule has 0 aromatic heterocycles. The molecular formula is C21H26N2O3. The molecule has 1 aliphatic rings. The van der Waals surface area contributed by atoms with Crippen LogP contribution in [0.25, 0.3) is 0 Å². The van der Waals surface area contributed by atoms with Gasteiger partial charge in [0, 0.05) is 37.4 Å². The highest BCUT2D eigenvalue weighted by molar-refractivity contribution is 5.95. The van der Waals surface area contributed by atoms with E-state index in [2.05, 4.69) is 36.9 Å². The molecule has 2 aromatic rings. The van der Waals surface area contributed by atoms with Crippen LogP contribution in [-0.4, -0.2) is 51.2 Å². The van der Waals surface area contributed by atoms with Crippen LogP contribution in [0.4, 0.5) is 5.69 Å². The van der Waals surface area contributed by atoms with E-state index in [-0.39, 0.29) is 5.91 Å². The largest absolute Gasteiger partial charge is 0.493 e. The van der Waals surface area contributed by atoms with Gasteiger partial charge in [-0.1, -0.05) is 12.1 Å². The third kappa shape index (κ3) is 3.47. The van der Waals surface area contributed by atoms with Gasteiger partial charge in [-0.25, -0.2) is 0 Å². The van der Waals surface area contributed by atoms with E-state index in [1.807, 2.05) is 4.90 Å². The number of benzene rings is 2. The summed E-state index contributed by atoms with van der Waals surface area (Å²) in [6.45, 7) is 7.38. The Bertz CT molecular complexity index is 796. The molecule has 1 fully saturated rings. The van der Waals surface area contributed by atoms with E-state index >= 15 is 0 Å². The first-order valence-corrected chi connectivity index (χ1v) is 8.87. The highest BCUT2D eigenvalue weighted by Crippen LogP contribution is 2.29. The maximum Gasteiger partial charge on any atom is 0.254 e. The Balaban J connectivity index is 1.70. The lowest BCUT2D eigenvalue weighted by molar-refractivity contribution is 0.0746. The van der Waals surface area contributed by atoms with Crippen molar-refractivity contribution in [2.45, 2.75) is 13.8 Å². The summed E-state index contributed by atoms with van der Waals surface area (Å²) >= 11 is 0. The molecule has 26 heavy (non-hydrogen) atoms. The summed E-state index contributed by atoms with van der Waals surface area (Å²) in [4.78, 5) is 17.1. The lowest BCUT2D eigenvalue weighted by Crippen LogP contribution is -2.49. The van der Waals surface area contributed by atoms with Crippen LogP contribution in [0.2, 0.25) is 0 Å². The Labute approximate surface area is 155 Å². The lowest BCUT2D eigenvalue weighted by Gasteiger charge is -2.37. The van der Waals surface area contributed by atoms with Crippen LogP contribution in [0.1, 0.15) is 21.5 Å². The number of anilines is 1. The van der Waals surface area contributed by atoms with Gasteiger partial charge < -0.3 is 19.3 Å². The fourth-order valence-corrected chi connectivity index (χ4v) is 3.38. The van der Waals surface area contributed by atoms with Crippen LogP contribution in [0.3, 0.4) is 0 Å². The summed E-state index contributed by atoms with van der Waals surface area (Å²) in [5.74, 6) is 1.24. The smallest absolute Gasteiger partial charge is 0.254 e. The standard InChI is InChI=1S/C21H26N2O3/c1-15-6-5-7-18(16(15)2)22-10-12-23(13-11-22)21(24)17-8-9-19(25-3)20(14-17)26-4/h5-9,14H,10-13H2,1-4H3. The summed E-state index contributed by atoms with van der Waals surface area (Å²) in [6.07, 6.45) is 0. The van der Waals surface area contributed by atoms with Gasteiger partial charge in [0.2, 0.25) is 0 Å². The average molecular weight is 354 g/mol. The molecule has 0 unspecified atom stereocenters. The Morgan fingerprint density at radius 3 is 2.27 bits per heavy atom. The fourth-order valence-electron chi connectivity index (χ4n) is 3.38. The average Bonchev–Trinajstić information content (AvgIpc) is 2.69. The molecule has 0 N–H and O–H groups in total. The number of methoxy groups -OCH3 is 2. The van der Waals surface area contributed by atoms with Crippen LogP contribution in [0, 0.1) is 13.8 Å². The predicted octanol–water partition coefficient (Wildman–Crippen LogP) is 3.28. The molecule has 138 valence electrons. The first-order chi connectivity index (χ1) is 12.5. The van der Waals surface area contributed by atoms with E-state index < -0.39 is 0 Å². The molecule has 3 rings (SSSR count). The summed E-state index contributed by atoms with van der Waals surface area (Å²) in [5, 5.41) is 0. The summed E-state index contributed by atoms with van der Waals surface area (Å²) in [7, 11) is 3.17. The molecule has 0 bridgehead atoms. The number of ether oxygens (including phenoxy) is 2. The van der Waals surface area contributed by atoms with Gasteiger partial charge in [0.15, 0.2) is 11.5 Å². The molecule has 0 saturated carbocycles. The number of aryl methyl sites for hydroxylation is 1. The molecule has 1 saturated heterocycles. The topological polar surface area (TPSA) is 42.0 Å². The number of amides is 1. The van der Waals surface area contributed by atoms with Crippen molar-refractivity contribution in [1.29, 1.82) is 0 Å². The highest BCUT2D eigenvalue weighted by atomic mass is 16.5. The zero-order chi connectivity index (χ0) is 18.7. The first-order valence-electron chi connectivity index (χ1n) is 8.87. The van der Waals surface area contributed by atoms with Crippen LogP contribution in [-0.2, 0) is 0 Å². The summed E-state index contributed by atoms with van der Waals surface area (Å²) < 4.78 is 10.6. The normalized spacial score (nSPS) is 14.3. The molecular weight excluding hydrogens is 328 g/mol. The lowest BCUT2D eigenvalue weighted by atomic mass is 10.1. The first kappa shape index (κ1) is 18.1. The monoisotopic (exact) mass is 354 g/mol. The molecule has 1 amide bonds. The molecule has 1 aliphatic heterocycles. The maximum absolute atomic E-state index is 12.8. The third-order valence-electron chi connectivity index (χ3n) is 5.11. The Morgan fingerprint density at radius 1 is 0.923 bits per heavy atom. The molecule has 1 heterocycles. The minimum absolute atomic E-state index is 0.0339. The van der Waals surface area contributed by atoms with Crippen LogP contribution < -0.4 is 14.4 Å². The van der Waals surface area contributed by atoms with Crippen molar-refractivity contribution in [3.05, 3.63) is 53.1 Å². The van der Waals surface area contributed by atoms with Gasteiger partial charge in [0.25, 0.3) is 5.91 Å². The molecule has 0 spiro atoms. The number of nitrogens with zero attached hydrogens (tertiary/aromatic N) is 2. The van der Waals surface area contributed by atoms with Crippen molar-refractivity contribution in [3.8, 4) is 11.5 Å². The molecule has 0 atom stereocenters. The van der Waals surface area contributed by atoms with Gasteiger partial charge in [0.1, 0.15) is 0 Å². The highest BCUT2D eigenvalue weighted by Gasteiger charge is 2.24. The minimum Gasteiger partial charge on any atom is -0.493 e. The Morgan fingerprint density at radius 2 is 1.62 bits per heavy atom. The minimum atomic E-state index is 0.0339. The SMILES string of the molecule is COc1ccc(C(=O)N2CCN(c3cccc(C)c3C)CC2)cc1OC. The van der Waals surface area contributed by atoms with Crippen molar-refractivity contribution in [2.75, 3.05) is 45.3 Å². The second kappa shape index (κ2) is 7.68. The fraction of sp³-hybridized carbons (Fsp3) is 0.381. The van der Waals surface area contributed by atoms with Crippen molar-refractivity contribution in [1.82, 2.24) is 4.90 Å². The van der Waals surface area contributed by atoms with Crippen molar-refractivity contribution in [3.63, 3.8) is 0 Å². The van der Waals surface area contributed by atoms with Gasteiger partial charge in [0.05, 0.1) is 14.2 Å². The Hall–Kier alpha value is -2.69. The molecule has 0 aliphatic carbocycles. The van der Waals surface area contributed by atoms with E-state index in [1.165, 1.54) is 16.8 Å². The van der Waals surface area contributed by atoms with E-state index in [0.29, 0.717) is 30.2 Å². The van der Waals surface area contributed by atoms with Gasteiger partial charge >= 0.3 is 0 Å². The third-order valence-corrected chi connectivity index (χ3v) is 5.11. The van der Waals surface area contributed by atoms with E-state index in [0.717, 1.165) is 13.1 Å². The van der Waals surface area contributed by atoms with Crippen molar-refractivity contribution in [2.24, 2.45) is 0 Å². The quantitative estimate of drug-likeness (QED) is 0.845. The Kier molecular flexibility index (Phi) is 5.35. The molecule has 5 nitrogen and oxygen atoms in total. The summed E-state index contributed by atoms with van der Waals surface area (Å²) in [6, 6.07) is 11.7. The number of carbonyl (C=O) groups excluding carboxylic acids is 1. The van der Waals surface area contributed by atoms with Gasteiger partial charge in [-0.3, -0.25) is 4.79 Å². The van der Waals surface area contributed by atoms with Gasteiger partial charge in [-0.2, -0.15) is 0 Å². The van der Waals surface area contributed by atoms with Crippen molar-refractivity contribution >= 4 is 11.6 Å². The maximum atomic E-state index is 12.8. The number of hydrogen-bond donors (Lipinski definition) is 0. The van der Waals surface area contributed by atoms with Crippen LogP contribution in [0.5, 0.6) is 11.5 Å². The zero-order valence-corrected chi connectivity index (χ0v) is 15.9. The number of rotatable bonds is 4. The van der Waals surface area contributed by atoms with Crippen molar-refractivity contribution < 1.29 is 14.3 Å². The molecule has 2 aromatic carbocycles. The molecule has 0 radical (unpaired) electrons. The second-order valence-corrected chi connectivity index (χ2v) is 6.57. The van der Waals surface area contributed by atoms with Crippen LogP contribution in [0.15, 0.2) is 36.4 Å². The van der Waals surface area contributed by atoms with E-state index in [1.54, 1.807) is 32.4 Å². The van der Waals surface area contributed by atoms with E-state index in [9.17, 15) is 4.79 Å². The summed E-state index contributed by atoms with van der Waals surface area (Å²) in [5.41, 5.74) is 4.50. The second-order valence-electron chi connectivity index (χ2n) is 6.57. The number of piperazine rings is 1. The zero-order valence-electron chi connectivity index (χ0n) is 15.9. The van der Waals surface area contributed by atoms with Gasteiger partial charge in [-0.15, -0.1) is 0 Å². The predicted molar refractivity (Wildman–Crippen MR) is 104 cm³/mol. The number of hydrogen-bond acceptors (Lipinski definition) is 4. The van der Waals surface area contributed by atoms with Gasteiger partial charge in [-0.05, 0) is 49.2 Å². The van der Waals surface area contributed by atoms with Crippen LogP contribution >= 0.6 is 0 Å². The molecule has 5 heteroatoms. The number of carbonyl (C=O) groups is 1.